The lowest BCUT2D eigenvalue weighted by Crippen LogP contribution is -2.47. The van der Waals surface area contributed by atoms with Gasteiger partial charge in [-0.15, -0.1) is 23.1 Å². The van der Waals surface area contributed by atoms with Crippen molar-refractivity contribution in [2.45, 2.75) is 24.6 Å². The molecular formula is C13H17NO4S2. The van der Waals surface area contributed by atoms with Crippen molar-refractivity contribution in [3.8, 4) is 0 Å². The molecule has 0 fully saturated rings. The zero-order chi connectivity index (χ0) is 14.7. The van der Waals surface area contributed by atoms with Gasteiger partial charge in [-0.05, 0) is 29.2 Å². The Morgan fingerprint density at radius 1 is 1.55 bits per heavy atom. The second-order valence-electron chi connectivity index (χ2n) is 4.78. The number of aryl methyl sites for hydroxylation is 1. The fourth-order valence-corrected chi connectivity index (χ4v) is 4.45. The molecule has 0 radical (unpaired) electrons. The Bertz CT molecular complexity index is 502. The Labute approximate surface area is 125 Å². The summed E-state index contributed by atoms with van der Waals surface area (Å²) < 4.78 is 0. The van der Waals surface area contributed by atoms with E-state index in [1.165, 1.54) is 16.6 Å². The molecule has 3 unspecified atom stereocenters. The first kappa shape index (κ1) is 15.3. The summed E-state index contributed by atoms with van der Waals surface area (Å²) in [4.78, 5) is 24.7. The average molecular weight is 315 g/mol. The van der Waals surface area contributed by atoms with Crippen LogP contribution in [0.15, 0.2) is 11.4 Å². The van der Waals surface area contributed by atoms with Crippen LogP contribution in [0.1, 0.15) is 22.6 Å². The SMILES string of the molecule is CC(CO)C(NC(=O)C1SCCc2sccc21)C(=O)O. The monoisotopic (exact) mass is 315 g/mol. The molecule has 1 aliphatic heterocycles. The molecule has 1 aliphatic rings. The highest BCUT2D eigenvalue weighted by atomic mass is 32.2. The number of thiophene rings is 1. The minimum absolute atomic E-state index is 0.279. The molecule has 2 heterocycles. The van der Waals surface area contributed by atoms with Crippen molar-refractivity contribution in [1.82, 2.24) is 5.32 Å². The van der Waals surface area contributed by atoms with Crippen LogP contribution in [0.25, 0.3) is 0 Å². The summed E-state index contributed by atoms with van der Waals surface area (Å²) in [7, 11) is 0. The number of hydrogen-bond acceptors (Lipinski definition) is 5. The summed E-state index contributed by atoms with van der Waals surface area (Å²) in [6.45, 7) is 1.32. The fourth-order valence-electron chi connectivity index (χ4n) is 2.15. The van der Waals surface area contributed by atoms with E-state index in [2.05, 4.69) is 5.32 Å². The van der Waals surface area contributed by atoms with E-state index in [1.54, 1.807) is 18.3 Å². The van der Waals surface area contributed by atoms with Crippen LogP contribution in [0.4, 0.5) is 0 Å². The highest BCUT2D eigenvalue weighted by Crippen LogP contribution is 2.39. The number of aliphatic carboxylic acids is 1. The van der Waals surface area contributed by atoms with Gasteiger partial charge in [0.25, 0.3) is 0 Å². The zero-order valence-electron chi connectivity index (χ0n) is 11.0. The van der Waals surface area contributed by atoms with Gasteiger partial charge in [-0.25, -0.2) is 4.79 Å². The Morgan fingerprint density at radius 2 is 2.30 bits per heavy atom. The van der Waals surface area contributed by atoms with Crippen LogP contribution in [-0.2, 0) is 16.0 Å². The molecule has 0 aliphatic carbocycles. The van der Waals surface area contributed by atoms with Crippen LogP contribution in [0, 0.1) is 5.92 Å². The number of rotatable bonds is 5. The highest BCUT2D eigenvalue weighted by molar-refractivity contribution is 8.00. The zero-order valence-corrected chi connectivity index (χ0v) is 12.7. The molecule has 1 amide bonds. The van der Waals surface area contributed by atoms with Crippen molar-refractivity contribution < 1.29 is 19.8 Å². The van der Waals surface area contributed by atoms with Crippen molar-refractivity contribution in [2.75, 3.05) is 12.4 Å². The third-order valence-corrected chi connectivity index (χ3v) is 5.57. The molecule has 0 bridgehead atoms. The number of aliphatic hydroxyl groups excluding tert-OH is 1. The van der Waals surface area contributed by atoms with E-state index in [-0.39, 0.29) is 17.8 Å². The smallest absolute Gasteiger partial charge is 0.326 e. The summed E-state index contributed by atoms with van der Waals surface area (Å²) in [5.74, 6) is -1.07. The number of carboxylic acids is 1. The van der Waals surface area contributed by atoms with Crippen LogP contribution in [0.5, 0.6) is 0 Å². The molecule has 0 saturated heterocycles. The number of hydrogen-bond donors (Lipinski definition) is 3. The standard InChI is InChI=1S/C13H17NO4S2/c1-7(6-15)10(13(17)18)14-12(16)11-8-2-4-19-9(8)3-5-20-11/h2,4,7,10-11,15H,3,5-6H2,1H3,(H,14,16)(H,17,18). The maximum absolute atomic E-state index is 12.3. The van der Waals surface area contributed by atoms with Crippen molar-refractivity contribution in [3.05, 3.63) is 21.9 Å². The van der Waals surface area contributed by atoms with E-state index in [1.807, 2.05) is 11.4 Å². The van der Waals surface area contributed by atoms with Gasteiger partial charge in [0, 0.05) is 17.4 Å². The molecule has 3 N–H and O–H groups in total. The average Bonchev–Trinajstić information content (AvgIpc) is 2.91. The van der Waals surface area contributed by atoms with Crippen LogP contribution in [-0.4, -0.2) is 40.5 Å². The highest BCUT2D eigenvalue weighted by Gasteiger charge is 2.32. The molecule has 1 aromatic rings. The van der Waals surface area contributed by atoms with Crippen LogP contribution in [0.3, 0.4) is 0 Å². The Kier molecular flexibility index (Phi) is 5.06. The number of fused-ring (bicyclic) bond motifs is 1. The van der Waals surface area contributed by atoms with Crippen LogP contribution >= 0.6 is 23.1 Å². The van der Waals surface area contributed by atoms with Gasteiger partial charge in [0.05, 0.1) is 0 Å². The number of nitrogens with one attached hydrogen (secondary N) is 1. The quantitative estimate of drug-likeness (QED) is 0.762. The predicted octanol–water partition coefficient (Wildman–Crippen LogP) is 1.28. The molecule has 7 heteroatoms. The van der Waals surface area contributed by atoms with Gasteiger partial charge in [0.15, 0.2) is 0 Å². The molecule has 2 rings (SSSR count). The molecule has 0 spiro atoms. The number of amides is 1. The van der Waals surface area contributed by atoms with E-state index in [9.17, 15) is 9.59 Å². The summed E-state index contributed by atoms with van der Waals surface area (Å²) in [5.41, 5.74) is 0.990. The van der Waals surface area contributed by atoms with Gasteiger partial charge in [0.2, 0.25) is 5.91 Å². The van der Waals surface area contributed by atoms with E-state index in [4.69, 9.17) is 10.2 Å². The molecule has 5 nitrogen and oxygen atoms in total. The Hall–Kier alpha value is -1.05. The molecule has 110 valence electrons. The summed E-state index contributed by atoms with van der Waals surface area (Å²) in [5, 5.41) is 22.4. The third kappa shape index (κ3) is 3.16. The first-order valence-electron chi connectivity index (χ1n) is 6.36. The second-order valence-corrected chi connectivity index (χ2v) is 7.00. The minimum atomic E-state index is -1.12. The number of thioether (sulfide) groups is 1. The lowest BCUT2D eigenvalue weighted by molar-refractivity contribution is -0.143. The Morgan fingerprint density at radius 3 is 2.95 bits per heavy atom. The van der Waals surface area contributed by atoms with E-state index in [0.717, 1.165) is 17.7 Å². The summed E-state index contributed by atoms with van der Waals surface area (Å²) >= 11 is 3.16. The molecule has 1 aromatic heterocycles. The van der Waals surface area contributed by atoms with Gasteiger partial charge in [-0.2, -0.15) is 0 Å². The summed E-state index contributed by atoms with van der Waals surface area (Å²) in [6, 6.07) is 0.874. The van der Waals surface area contributed by atoms with Crippen molar-refractivity contribution >= 4 is 35.0 Å². The molecule has 0 saturated carbocycles. The number of aliphatic hydroxyl groups is 1. The first-order valence-corrected chi connectivity index (χ1v) is 8.29. The normalized spacial score (nSPS) is 20.8. The third-order valence-electron chi connectivity index (χ3n) is 3.33. The van der Waals surface area contributed by atoms with Crippen molar-refractivity contribution in [2.24, 2.45) is 5.92 Å². The number of carbonyl (C=O) groups is 2. The van der Waals surface area contributed by atoms with Gasteiger partial charge >= 0.3 is 5.97 Å². The number of carboxylic acid groups (broad SMARTS) is 1. The second kappa shape index (κ2) is 6.60. The predicted molar refractivity (Wildman–Crippen MR) is 79.0 cm³/mol. The van der Waals surface area contributed by atoms with Gasteiger partial charge in [-0.3, -0.25) is 4.79 Å². The topological polar surface area (TPSA) is 86.6 Å². The maximum atomic E-state index is 12.3. The van der Waals surface area contributed by atoms with Crippen LogP contribution in [0.2, 0.25) is 0 Å². The van der Waals surface area contributed by atoms with Gasteiger partial charge in [0.1, 0.15) is 11.3 Å². The molecule has 20 heavy (non-hydrogen) atoms. The fraction of sp³-hybridized carbons (Fsp3) is 0.538. The van der Waals surface area contributed by atoms with Crippen LogP contribution < -0.4 is 5.32 Å². The van der Waals surface area contributed by atoms with Gasteiger partial charge in [-0.1, -0.05) is 6.92 Å². The minimum Gasteiger partial charge on any atom is -0.480 e. The lowest BCUT2D eigenvalue weighted by atomic mass is 10.0. The number of carbonyl (C=O) groups excluding carboxylic acids is 1. The largest absolute Gasteiger partial charge is 0.480 e. The van der Waals surface area contributed by atoms with Gasteiger partial charge < -0.3 is 15.5 Å². The van der Waals surface area contributed by atoms with E-state index >= 15 is 0 Å². The molecular weight excluding hydrogens is 298 g/mol. The first-order chi connectivity index (χ1) is 9.54. The van der Waals surface area contributed by atoms with E-state index in [0.29, 0.717) is 0 Å². The van der Waals surface area contributed by atoms with Crippen molar-refractivity contribution in [1.29, 1.82) is 0 Å². The van der Waals surface area contributed by atoms with E-state index < -0.39 is 17.9 Å². The summed E-state index contributed by atoms with van der Waals surface area (Å²) in [6.07, 6.45) is 0.955. The molecule has 0 aromatic carbocycles. The maximum Gasteiger partial charge on any atom is 0.326 e. The van der Waals surface area contributed by atoms with Crippen molar-refractivity contribution in [3.63, 3.8) is 0 Å². The molecule has 3 atom stereocenters. The lowest BCUT2D eigenvalue weighted by Gasteiger charge is -2.25. The Balaban J connectivity index is 2.11.